The summed E-state index contributed by atoms with van der Waals surface area (Å²) in [7, 11) is 1.65. The van der Waals surface area contributed by atoms with Crippen molar-refractivity contribution >= 4 is 17.7 Å². The Balaban J connectivity index is 1.45. The number of benzene rings is 2. The van der Waals surface area contributed by atoms with E-state index in [2.05, 4.69) is 20.1 Å². The van der Waals surface area contributed by atoms with Crippen LogP contribution in [0, 0.1) is 0 Å². The Bertz CT molecular complexity index is 986. The van der Waals surface area contributed by atoms with Crippen LogP contribution in [0.25, 0.3) is 11.4 Å². The van der Waals surface area contributed by atoms with Crippen LogP contribution in [0.2, 0.25) is 0 Å². The van der Waals surface area contributed by atoms with Crippen LogP contribution >= 0.6 is 11.8 Å². The summed E-state index contributed by atoms with van der Waals surface area (Å²) in [4.78, 5) is 12.4. The lowest BCUT2D eigenvalue weighted by Crippen LogP contribution is -2.25. The number of nitrogens with zero attached hydrogens (tertiary/aromatic N) is 3. The molecule has 0 spiro atoms. The first-order chi connectivity index (χ1) is 15.2. The molecule has 4 rings (SSSR count). The van der Waals surface area contributed by atoms with Crippen LogP contribution in [-0.4, -0.2) is 46.2 Å². The summed E-state index contributed by atoms with van der Waals surface area (Å²) in [6.45, 7) is 1.97. The lowest BCUT2D eigenvalue weighted by molar-refractivity contribution is -0.118. The molecule has 0 radical (unpaired) electrons. The second-order valence-electron chi connectivity index (χ2n) is 7.33. The van der Waals surface area contributed by atoms with Crippen molar-refractivity contribution in [1.29, 1.82) is 0 Å². The van der Waals surface area contributed by atoms with Crippen molar-refractivity contribution in [3.63, 3.8) is 0 Å². The van der Waals surface area contributed by atoms with Gasteiger partial charge in [-0.05, 0) is 42.7 Å². The number of methoxy groups -OCH3 is 1. The van der Waals surface area contributed by atoms with E-state index >= 15 is 0 Å². The van der Waals surface area contributed by atoms with Crippen molar-refractivity contribution < 1.29 is 14.3 Å². The van der Waals surface area contributed by atoms with Crippen molar-refractivity contribution in [2.75, 3.05) is 19.5 Å². The van der Waals surface area contributed by atoms with E-state index in [1.54, 1.807) is 7.11 Å². The van der Waals surface area contributed by atoms with Gasteiger partial charge in [-0.25, -0.2) is 0 Å². The molecular weight excluding hydrogens is 412 g/mol. The van der Waals surface area contributed by atoms with Gasteiger partial charge in [0.2, 0.25) is 5.91 Å². The van der Waals surface area contributed by atoms with Crippen molar-refractivity contribution in [2.45, 2.75) is 37.2 Å². The molecule has 1 N–H and O–H groups in total. The van der Waals surface area contributed by atoms with E-state index in [0.717, 1.165) is 47.3 Å². The van der Waals surface area contributed by atoms with E-state index in [1.165, 1.54) is 11.8 Å². The first kappa shape index (κ1) is 21.4. The smallest absolute Gasteiger partial charge is 0.230 e. The molecule has 1 fully saturated rings. The molecule has 1 aliphatic rings. The number of aromatic nitrogens is 3. The molecule has 162 valence electrons. The summed E-state index contributed by atoms with van der Waals surface area (Å²) in [5, 5.41) is 12.5. The Morgan fingerprint density at radius 1 is 1.19 bits per heavy atom. The van der Waals surface area contributed by atoms with Crippen LogP contribution in [-0.2, 0) is 22.6 Å². The number of ether oxygens (including phenoxy) is 2. The van der Waals surface area contributed by atoms with Crippen LogP contribution in [0.3, 0.4) is 0 Å². The summed E-state index contributed by atoms with van der Waals surface area (Å²) in [5.74, 6) is 1.80. The standard InChI is InChI=1S/C23H26N4O3S/c1-29-19-11-9-18(10-12-19)22-25-26-23(27(22)15-20-8-5-13-30-20)31-16-21(28)24-14-17-6-3-2-4-7-17/h2-4,6-7,9-12,20H,5,8,13-16H2,1H3,(H,24,28). The molecule has 1 saturated heterocycles. The highest BCUT2D eigenvalue weighted by Crippen LogP contribution is 2.27. The van der Waals surface area contributed by atoms with E-state index in [4.69, 9.17) is 9.47 Å². The molecule has 1 unspecified atom stereocenters. The predicted molar refractivity (Wildman–Crippen MR) is 120 cm³/mol. The molecule has 8 heteroatoms. The van der Waals surface area contributed by atoms with Crippen LogP contribution in [0.5, 0.6) is 5.75 Å². The second-order valence-corrected chi connectivity index (χ2v) is 8.27. The van der Waals surface area contributed by atoms with Crippen molar-refractivity contribution in [3.05, 3.63) is 60.2 Å². The first-order valence-electron chi connectivity index (χ1n) is 10.4. The maximum absolute atomic E-state index is 12.4. The van der Waals surface area contributed by atoms with Gasteiger partial charge in [0.1, 0.15) is 5.75 Å². The fourth-order valence-corrected chi connectivity index (χ4v) is 4.26. The second kappa shape index (κ2) is 10.5. The van der Waals surface area contributed by atoms with Crippen LogP contribution in [0.15, 0.2) is 59.8 Å². The highest BCUT2D eigenvalue weighted by molar-refractivity contribution is 7.99. The predicted octanol–water partition coefficient (Wildman–Crippen LogP) is 3.54. The maximum Gasteiger partial charge on any atom is 0.230 e. The number of hydrogen-bond donors (Lipinski definition) is 1. The molecule has 2 heterocycles. The number of thioether (sulfide) groups is 1. The summed E-state index contributed by atoms with van der Waals surface area (Å²) in [5.41, 5.74) is 2.02. The van der Waals surface area contributed by atoms with Gasteiger partial charge in [0.05, 0.1) is 25.5 Å². The average molecular weight is 439 g/mol. The summed E-state index contributed by atoms with van der Waals surface area (Å²) in [6, 6.07) is 17.6. The Hall–Kier alpha value is -2.84. The molecule has 2 aromatic carbocycles. The van der Waals surface area contributed by atoms with Crippen molar-refractivity contribution in [3.8, 4) is 17.1 Å². The monoisotopic (exact) mass is 438 g/mol. The van der Waals surface area contributed by atoms with Crippen LogP contribution < -0.4 is 10.1 Å². The molecule has 1 aliphatic heterocycles. The van der Waals surface area contributed by atoms with Crippen molar-refractivity contribution in [1.82, 2.24) is 20.1 Å². The van der Waals surface area contributed by atoms with Gasteiger partial charge in [-0.3, -0.25) is 9.36 Å². The van der Waals surface area contributed by atoms with E-state index in [9.17, 15) is 4.79 Å². The minimum atomic E-state index is -0.0356. The third-order valence-electron chi connectivity index (χ3n) is 5.14. The molecule has 31 heavy (non-hydrogen) atoms. The highest BCUT2D eigenvalue weighted by atomic mass is 32.2. The van der Waals surface area contributed by atoms with Crippen molar-refractivity contribution in [2.24, 2.45) is 0 Å². The summed E-state index contributed by atoms with van der Waals surface area (Å²) < 4.78 is 13.2. The largest absolute Gasteiger partial charge is 0.497 e. The van der Waals surface area contributed by atoms with Gasteiger partial charge in [-0.1, -0.05) is 42.1 Å². The van der Waals surface area contributed by atoms with Gasteiger partial charge in [0.25, 0.3) is 0 Å². The lowest BCUT2D eigenvalue weighted by Gasteiger charge is -2.15. The van der Waals surface area contributed by atoms with E-state index in [1.807, 2.05) is 54.6 Å². The average Bonchev–Trinajstić information content (AvgIpc) is 3.47. The number of hydrogen-bond acceptors (Lipinski definition) is 6. The topological polar surface area (TPSA) is 78.3 Å². The van der Waals surface area contributed by atoms with E-state index < -0.39 is 0 Å². The Kier molecular flexibility index (Phi) is 7.22. The summed E-state index contributed by atoms with van der Waals surface area (Å²) in [6.07, 6.45) is 2.22. The van der Waals surface area contributed by atoms with Gasteiger partial charge in [0, 0.05) is 18.7 Å². The maximum atomic E-state index is 12.4. The van der Waals surface area contributed by atoms with Crippen LogP contribution in [0.4, 0.5) is 0 Å². The van der Waals surface area contributed by atoms with Crippen LogP contribution in [0.1, 0.15) is 18.4 Å². The zero-order chi connectivity index (χ0) is 21.5. The Labute approximate surface area is 186 Å². The quantitative estimate of drug-likeness (QED) is 0.515. The Morgan fingerprint density at radius 2 is 2.00 bits per heavy atom. The third kappa shape index (κ3) is 5.65. The van der Waals surface area contributed by atoms with Gasteiger partial charge in [-0.2, -0.15) is 0 Å². The fraction of sp³-hybridized carbons (Fsp3) is 0.348. The molecule has 1 amide bonds. The summed E-state index contributed by atoms with van der Waals surface area (Å²) >= 11 is 1.39. The highest BCUT2D eigenvalue weighted by Gasteiger charge is 2.22. The van der Waals surface area contributed by atoms with E-state index in [0.29, 0.717) is 13.1 Å². The lowest BCUT2D eigenvalue weighted by atomic mass is 10.2. The zero-order valence-electron chi connectivity index (χ0n) is 17.5. The van der Waals surface area contributed by atoms with E-state index in [-0.39, 0.29) is 17.8 Å². The molecular formula is C23H26N4O3S. The first-order valence-corrected chi connectivity index (χ1v) is 11.3. The normalized spacial score (nSPS) is 15.7. The zero-order valence-corrected chi connectivity index (χ0v) is 18.3. The molecule has 1 aromatic heterocycles. The van der Waals surface area contributed by atoms with Gasteiger partial charge >= 0.3 is 0 Å². The molecule has 7 nitrogen and oxygen atoms in total. The van der Waals surface area contributed by atoms with Gasteiger partial charge in [-0.15, -0.1) is 10.2 Å². The molecule has 1 atom stereocenters. The number of nitrogens with one attached hydrogen (secondary N) is 1. The van der Waals surface area contributed by atoms with Gasteiger partial charge in [0.15, 0.2) is 11.0 Å². The number of rotatable bonds is 9. The van der Waals surface area contributed by atoms with Gasteiger partial charge < -0.3 is 14.8 Å². The SMILES string of the molecule is COc1ccc(-c2nnc(SCC(=O)NCc3ccccc3)n2CC2CCCO2)cc1. The molecule has 0 bridgehead atoms. The molecule has 0 aliphatic carbocycles. The Morgan fingerprint density at radius 3 is 2.71 bits per heavy atom. The number of carbonyl (C=O) groups is 1. The minimum absolute atomic E-state index is 0.0356. The number of carbonyl (C=O) groups excluding carboxylic acids is 1. The molecule has 0 saturated carbocycles. The fourth-order valence-electron chi connectivity index (χ4n) is 3.48. The molecule has 3 aromatic rings. The third-order valence-corrected chi connectivity index (χ3v) is 6.11. The number of amides is 1. The minimum Gasteiger partial charge on any atom is -0.497 e.